The average molecular weight is 708 g/mol. The van der Waals surface area contributed by atoms with Crippen LogP contribution >= 0.6 is 0 Å². The molecule has 0 saturated heterocycles. The van der Waals surface area contributed by atoms with Gasteiger partial charge >= 0.3 is 0 Å². The summed E-state index contributed by atoms with van der Waals surface area (Å²) in [4.78, 5) is 90.7. The maximum atomic E-state index is 13.7. The summed E-state index contributed by atoms with van der Waals surface area (Å²) in [6.07, 6.45) is 0.773. The van der Waals surface area contributed by atoms with Crippen molar-refractivity contribution in [3.8, 4) is 0 Å². The molecule has 0 heterocycles. The van der Waals surface area contributed by atoms with Crippen molar-refractivity contribution in [1.82, 2.24) is 16.0 Å². The molecule has 51 heavy (non-hydrogen) atoms. The summed E-state index contributed by atoms with van der Waals surface area (Å²) in [5.74, 6) is -6.34. The first kappa shape index (κ1) is 42.2. The Labute approximate surface area is 299 Å². The maximum absolute atomic E-state index is 13.7. The SMILES string of the molecule is CC[C@H](N)C(=O)N[C@@H](Cc1ccccc1)C(=O)C[C@@H](CCCCN)C(=O)N[C@@H](CC(N)=O)C(=O)CC(C)C(=O)N[C@@H](Cc1ccccc1)C(N)=O. The second-order valence-electron chi connectivity index (χ2n) is 12.9. The molecule has 278 valence electrons. The quantitative estimate of drug-likeness (QED) is 0.0740. The van der Waals surface area contributed by atoms with Gasteiger partial charge in [0.2, 0.25) is 29.5 Å². The van der Waals surface area contributed by atoms with E-state index in [2.05, 4.69) is 16.0 Å². The lowest BCUT2D eigenvalue weighted by Gasteiger charge is -2.25. The van der Waals surface area contributed by atoms with Crippen LogP contribution in [0.1, 0.15) is 69.9 Å². The molecule has 0 radical (unpaired) electrons. The predicted octanol–water partition coefficient (Wildman–Crippen LogP) is 0.324. The van der Waals surface area contributed by atoms with E-state index in [1.54, 1.807) is 43.3 Å². The third kappa shape index (κ3) is 15.2. The van der Waals surface area contributed by atoms with Gasteiger partial charge in [-0.3, -0.25) is 33.6 Å². The zero-order chi connectivity index (χ0) is 37.9. The summed E-state index contributed by atoms with van der Waals surface area (Å²) in [5.41, 5.74) is 24.1. The van der Waals surface area contributed by atoms with Crippen LogP contribution in [0.2, 0.25) is 0 Å². The average Bonchev–Trinajstić information content (AvgIpc) is 3.10. The first-order chi connectivity index (χ1) is 24.2. The molecule has 5 amide bonds. The number of carbonyl (C=O) groups excluding carboxylic acids is 7. The summed E-state index contributed by atoms with van der Waals surface area (Å²) >= 11 is 0. The fourth-order valence-electron chi connectivity index (χ4n) is 5.46. The highest BCUT2D eigenvalue weighted by molar-refractivity contribution is 5.98. The molecule has 0 aliphatic carbocycles. The van der Waals surface area contributed by atoms with Crippen LogP contribution in [0.4, 0.5) is 0 Å². The largest absolute Gasteiger partial charge is 0.370 e. The minimum Gasteiger partial charge on any atom is -0.370 e. The highest BCUT2D eigenvalue weighted by atomic mass is 16.2. The van der Waals surface area contributed by atoms with E-state index < -0.39 is 83.5 Å². The normalized spacial score (nSPS) is 14.5. The zero-order valence-corrected chi connectivity index (χ0v) is 29.5. The zero-order valence-electron chi connectivity index (χ0n) is 29.5. The molecule has 14 nitrogen and oxygen atoms in total. The van der Waals surface area contributed by atoms with Gasteiger partial charge in [-0.1, -0.05) is 80.9 Å². The molecule has 0 aromatic heterocycles. The Morgan fingerprint density at radius 1 is 0.647 bits per heavy atom. The third-order valence-electron chi connectivity index (χ3n) is 8.60. The lowest BCUT2D eigenvalue weighted by atomic mass is 9.89. The molecule has 0 bridgehead atoms. The van der Waals surface area contributed by atoms with Crippen LogP contribution in [0.5, 0.6) is 0 Å². The molecular formula is C37H53N7O7. The predicted molar refractivity (Wildman–Crippen MR) is 192 cm³/mol. The van der Waals surface area contributed by atoms with E-state index in [9.17, 15) is 33.6 Å². The number of hydrogen-bond acceptors (Lipinski definition) is 9. The molecule has 0 saturated carbocycles. The van der Waals surface area contributed by atoms with Gasteiger partial charge in [-0.25, -0.2) is 0 Å². The van der Waals surface area contributed by atoms with Gasteiger partial charge < -0.3 is 38.9 Å². The van der Waals surface area contributed by atoms with Gasteiger partial charge in [0.1, 0.15) is 6.04 Å². The lowest BCUT2D eigenvalue weighted by Crippen LogP contribution is -2.51. The van der Waals surface area contributed by atoms with Crippen molar-refractivity contribution in [1.29, 1.82) is 0 Å². The van der Waals surface area contributed by atoms with Gasteiger partial charge in [0.15, 0.2) is 11.6 Å². The number of rotatable bonds is 24. The van der Waals surface area contributed by atoms with Gasteiger partial charge in [-0.05, 0) is 43.4 Å². The first-order valence-electron chi connectivity index (χ1n) is 17.3. The van der Waals surface area contributed by atoms with Crippen molar-refractivity contribution in [2.24, 2.45) is 34.8 Å². The number of carbonyl (C=O) groups is 7. The molecule has 0 fully saturated rings. The first-order valence-corrected chi connectivity index (χ1v) is 17.3. The summed E-state index contributed by atoms with van der Waals surface area (Å²) in [5, 5.41) is 7.90. The summed E-state index contributed by atoms with van der Waals surface area (Å²) in [6, 6.07) is 13.8. The van der Waals surface area contributed by atoms with Crippen molar-refractivity contribution in [3.63, 3.8) is 0 Å². The van der Waals surface area contributed by atoms with E-state index in [0.29, 0.717) is 25.8 Å². The molecule has 2 aromatic carbocycles. The van der Waals surface area contributed by atoms with Crippen LogP contribution in [0.3, 0.4) is 0 Å². The fraction of sp³-hybridized carbons (Fsp3) is 0.486. The smallest absolute Gasteiger partial charge is 0.240 e. The number of nitrogens with two attached hydrogens (primary N) is 4. The molecule has 0 aliphatic heterocycles. The van der Waals surface area contributed by atoms with Crippen LogP contribution in [0.25, 0.3) is 0 Å². The van der Waals surface area contributed by atoms with Crippen LogP contribution in [0.15, 0.2) is 60.7 Å². The molecule has 2 rings (SSSR count). The Hall–Kier alpha value is -4.95. The molecule has 11 N–H and O–H groups in total. The van der Waals surface area contributed by atoms with E-state index in [1.807, 2.05) is 24.3 Å². The number of Topliss-reactive ketones (excluding diaryl/α,β-unsaturated/α-hetero) is 2. The van der Waals surface area contributed by atoms with E-state index in [-0.39, 0.29) is 32.1 Å². The molecule has 14 heteroatoms. The van der Waals surface area contributed by atoms with E-state index >= 15 is 0 Å². The van der Waals surface area contributed by atoms with Gasteiger partial charge in [-0.15, -0.1) is 0 Å². The number of nitrogens with one attached hydrogen (secondary N) is 3. The number of amides is 5. The number of unbranched alkanes of at least 4 members (excludes halogenated alkanes) is 1. The minimum atomic E-state index is -1.38. The van der Waals surface area contributed by atoms with Crippen LogP contribution < -0.4 is 38.9 Å². The summed E-state index contributed by atoms with van der Waals surface area (Å²) in [7, 11) is 0. The van der Waals surface area contributed by atoms with Crippen molar-refractivity contribution in [2.75, 3.05) is 6.54 Å². The van der Waals surface area contributed by atoms with Gasteiger partial charge in [-0.2, -0.15) is 0 Å². The van der Waals surface area contributed by atoms with Gasteiger partial charge in [0, 0.05) is 31.1 Å². The third-order valence-corrected chi connectivity index (χ3v) is 8.60. The Bertz CT molecular complexity index is 1470. The molecule has 2 aromatic rings. The maximum Gasteiger partial charge on any atom is 0.240 e. The van der Waals surface area contributed by atoms with Crippen molar-refractivity contribution in [2.45, 2.75) is 95.8 Å². The summed E-state index contributed by atoms with van der Waals surface area (Å²) in [6.45, 7) is 3.57. The molecule has 6 atom stereocenters. The second kappa shape index (κ2) is 22.0. The van der Waals surface area contributed by atoms with Crippen LogP contribution in [0, 0.1) is 11.8 Å². The van der Waals surface area contributed by atoms with E-state index in [1.165, 1.54) is 6.92 Å². The number of hydrogen-bond donors (Lipinski definition) is 7. The monoisotopic (exact) mass is 707 g/mol. The lowest BCUT2D eigenvalue weighted by molar-refractivity contribution is -0.136. The van der Waals surface area contributed by atoms with Crippen molar-refractivity contribution >= 4 is 41.1 Å². The van der Waals surface area contributed by atoms with Gasteiger partial charge in [0.25, 0.3) is 0 Å². The Morgan fingerprint density at radius 2 is 1.16 bits per heavy atom. The minimum absolute atomic E-state index is 0.147. The Kier molecular flexibility index (Phi) is 18.2. The topological polar surface area (TPSA) is 260 Å². The number of ketones is 2. The summed E-state index contributed by atoms with van der Waals surface area (Å²) < 4.78 is 0. The van der Waals surface area contributed by atoms with Crippen molar-refractivity contribution in [3.05, 3.63) is 71.8 Å². The van der Waals surface area contributed by atoms with Gasteiger partial charge in [0.05, 0.1) is 24.5 Å². The molecule has 0 aliphatic rings. The Morgan fingerprint density at radius 3 is 1.67 bits per heavy atom. The van der Waals surface area contributed by atoms with E-state index in [0.717, 1.165) is 11.1 Å². The molecule has 1 unspecified atom stereocenters. The van der Waals surface area contributed by atoms with Crippen molar-refractivity contribution < 1.29 is 33.6 Å². The Balaban J connectivity index is 2.21. The van der Waals surface area contributed by atoms with E-state index in [4.69, 9.17) is 22.9 Å². The van der Waals surface area contributed by atoms with Crippen LogP contribution in [-0.4, -0.2) is 71.8 Å². The molecular weight excluding hydrogens is 654 g/mol. The highest BCUT2D eigenvalue weighted by Gasteiger charge is 2.33. The highest BCUT2D eigenvalue weighted by Crippen LogP contribution is 2.18. The van der Waals surface area contributed by atoms with Crippen LogP contribution in [-0.2, 0) is 46.4 Å². The number of benzene rings is 2. The molecule has 0 spiro atoms. The standard InChI is InChI=1S/C37H53N7O7/c1-3-27(39)37(51)43-28(19-24-12-6-4-7-13-24)32(46)21-26(16-10-11-17-38)36(50)42-29(22-33(40)47)31(45)18-23(2)35(49)44-30(34(41)48)20-25-14-8-5-9-15-25/h4-9,12-15,23,26-30H,3,10-11,16-22,38-39H2,1-2H3,(H2,40,47)(H2,41,48)(H,42,50)(H,43,51)(H,44,49)/t23?,26-,27+,28+,29+,30+/m1/s1. The number of primary amides is 2. The fourth-order valence-corrected chi connectivity index (χ4v) is 5.46. The second-order valence-corrected chi connectivity index (χ2v) is 12.9.